The standard InChI is InChI=1S/C19H26N6O2/c1-4-16(26)24-13-7-5-12(6-8-13)23-15-10-21-18-17(25-15)14(9-20-18)19(27)22-11(2)3/h4,9-13H,1,5-8H2,2-3H3,(H,20,21)(H,22,27)(H,23,25)(H,24,26). The highest BCUT2D eigenvalue weighted by molar-refractivity contribution is 6.04. The summed E-state index contributed by atoms with van der Waals surface area (Å²) in [5, 5.41) is 9.23. The highest BCUT2D eigenvalue weighted by Crippen LogP contribution is 2.23. The fourth-order valence-electron chi connectivity index (χ4n) is 3.33. The lowest BCUT2D eigenvalue weighted by atomic mass is 9.91. The molecule has 0 aliphatic heterocycles. The van der Waals surface area contributed by atoms with Gasteiger partial charge in [0.05, 0.1) is 11.8 Å². The van der Waals surface area contributed by atoms with Gasteiger partial charge in [0, 0.05) is 24.3 Å². The number of anilines is 1. The summed E-state index contributed by atoms with van der Waals surface area (Å²) in [6.07, 6.45) is 8.27. The van der Waals surface area contributed by atoms with Crippen LogP contribution in [-0.4, -0.2) is 44.9 Å². The molecule has 1 fully saturated rings. The molecule has 0 unspecified atom stereocenters. The van der Waals surface area contributed by atoms with E-state index in [1.54, 1.807) is 12.4 Å². The van der Waals surface area contributed by atoms with Crippen LogP contribution in [-0.2, 0) is 4.79 Å². The van der Waals surface area contributed by atoms with Gasteiger partial charge in [-0.3, -0.25) is 9.59 Å². The molecular formula is C19H26N6O2. The third-order valence-corrected chi connectivity index (χ3v) is 4.66. The molecule has 3 rings (SSSR count). The predicted molar refractivity (Wildman–Crippen MR) is 104 cm³/mol. The van der Waals surface area contributed by atoms with Gasteiger partial charge in [-0.2, -0.15) is 0 Å². The second-order valence-electron chi connectivity index (χ2n) is 7.19. The normalized spacial score (nSPS) is 19.7. The van der Waals surface area contributed by atoms with E-state index in [1.165, 1.54) is 6.08 Å². The number of aromatic nitrogens is 3. The van der Waals surface area contributed by atoms with Crippen LogP contribution in [0.3, 0.4) is 0 Å². The van der Waals surface area contributed by atoms with Crippen LogP contribution < -0.4 is 16.0 Å². The minimum Gasteiger partial charge on any atom is -0.366 e. The van der Waals surface area contributed by atoms with Crippen LogP contribution in [0.25, 0.3) is 11.2 Å². The zero-order valence-electron chi connectivity index (χ0n) is 15.7. The van der Waals surface area contributed by atoms with Crippen molar-refractivity contribution in [2.75, 3.05) is 5.32 Å². The zero-order chi connectivity index (χ0) is 19.4. The van der Waals surface area contributed by atoms with E-state index in [0.29, 0.717) is 22.5 Å². The number of carbonyl (C=O) groups is 2. The van der Waals surface area contributed by atoms with Crippen molar-refractivity contribution in [3.05, 3.63) is 30.6 Å². The molecule has 0 radical (unpaired) electrons. The minimum atomic E-state index is -0.166. The maximum absolute atomic E-state index is 12.3. The fourth-order valence-corrected chi connectivity index (χ4v) is 3.33. The number of aromatic amines is 1. The van der Waals surface area contributed by atoms with E-state index in [2.05, 4.69) is 37.5 Å². The first-order valence-corrected chi connectivity index (χ1v) is 9.30. The molecule has 144 valence electrons. The van der Waals surface area contributed by atoms with E-state index in [0.717, 1.165) is 25.7 Å². The van der Waals surface area contributed by atoms with Crippen LogP contribution in [0.2, 0.25) is 0 Å². The summed E-state index contributed by atoms with van der Waals surface area (Å²) in [5.74, 6) is 0.364. The van der Waals surface area contributed by atoms with Crippen molar-refractivity contribution in [2.24, 2.45) is 0 Å². The van der Waals surface area contributed by atoms with E-state index in [4.69, 9.17) is 0 Å². The predicted octanol–water partition coefficient (Wildman–Crippen LogP) is 2.12. The van der Waals surface area contributed by atoms with Gasteiger partial charge in [-0.15, -0.1) is 0 Å². The number of rotatable bonds is 6. The van der Waals surface area contributed by atoms with E-state index in [9.17, 15) is 9.59 Å². The molecule has 0 saturated heterocycles. The molecule has 2 heterocycles. The van der Waals surface area contributed by atoms with Crippen molar-refractivity contribution in [2.45, 2.75) is 57.7 Å². The van der Waals surface area contributed by atoms with Gasteiger partial charge in [0.15, 0.2) is 5.65 Å². The number of H-pyrrole nitrogens is 1. The van der Waals surface area contributed by atoms with Gasteiger partial charge in [0.1, 0.15) is 11.3 Å². The third-order valence-electron chi connectivity index (χ3n) is 4.66. The second kappa shape index (κ2) is 8.20. The number of amides is 2. The lowest BCUT2D eigenvalue weighted by Crippen LogP contribution is -2.39. The number of fused-ring (bicyclic) bond motifs is 1. The summed E-state index contributed by atoms with van der Waals surface area (Å²) in [5.41, 5.74) is 1.64. The average molecular weight is 370 g/mol. The van der Waals surface area contributed by atoms with Gasteiger partial charge in [0.2, 0.25) is 5.91 Å². The first-order chi connectivity index (χ1) is 13.0. The van der Waals surface area contributed by atoms with Crippen molar-refractivity contribution in [1.82, 2.24) is 25.6 Å². The molecule has 8 heteroatoms. The van der Waals surface area contributed by atoms with Gasteiger partial charge >= 0.3 is 0 Å². The summed E-state index contributed by atoms with van der Waals surface area (Å²) in [6.45, 7) is 7.31. The Hall–Kier alpha value is -2.90. The Bertz CT molecular complexity index is 836. The smallest absolute Gasteiger partial charge is 0.255 e. The summed E-state index contributed by atoms with van der Waals surface area (Å²) in [4.78, 5) is 35.7. The van der Waals surface area contributed by atoms with Crippen molar-refractivity contribution in [3.8, 4) is 0 Å². The average Bonchev–Trinajstić information content (AvgIpc) is 3.06. The third kappa shape index (κ3) is 4.64. The summed E-state index contributed by atoms with van der Waals surface area (Å²) >= 11 is 0. The molecule has 27 heavy (non-hydrogen) atoms. The van der Waals surface area contributed by atoms with Gasteiger partial charge in [0.25, 0.3) is 5.91 Å². The number of nitrogens with one attached hydrogen (secondary N) is 4. The summed E-state index contributed by atoms with van der Waals surface area (Å²) < 4.78 is 0. The lowest BCUT2D eigenvalue weighted by Gasteiger charge is -2.29. The largest absolute Gasteiger partial charge is 0.366 e. The zero-order valence-corrected chi connectivity index (χ0v) is 15.7. The highest BCUT2D eigenvalue weighted by Gasteiger charge is 2.22. The lowest BCUT2D eigenvalue weighted by molar-refractivity contribution is -0.117. The number of hydrogen-bond acceptors (Lipinski definition) is 5. The Morgan fingerprint density at radius 1 is 1.26 bits per heavy atom. The molecule has 2 amide bonds. The maximum atomic E-state index is 12.3. The van der Waals surface area contributed by atoms with E-state index in [-0.39, 0.29) is 29.9 Å². The molecule has 0 bridgehead atoms. The Morgan fingerprint density at radius 2 is 1.96 bits per heavy atom. The molecule has 1 aliphatic carbocycles. The monoisotopic (exact) mass is 370 g/mol. The fraction of sp³-hybridized carbons (Fsp3) is 0.474. The summed E-state index contributed by atoms with van der Waals surface area (Å²) in [6, 6.07) is 0.507. The van der Waals surface area contributed by atoms with Crippen molar-refractivity contribution in [1.29, 1.82) is 0 Å². The molecule has 0 atom stereocenters. The number of hydrogen-bond donors (Lipinski definition) is 4. The molecule has 1 saturated carbocycles. The van der Waals surface area contributed by atoms with Crippen LogP contribution in [0, 0.1) is 0 Å². The van der Waals surface area contributed by atoms with Crippen molar-refractivity contribution in [3.63, 3.8) is 0 Å². The quantitative estimate of drug-likeness (QED) is 0.582. The molecule has 2 aromatic rings. The Balaban J connectivity index is 1.65. The summed E-state index contributed by atoms with van der Waals surface area (Å²) in [7, 11) is 0. The Labute approximate surface area is 158 Å². The van der Waals surface area contributed by atoms with E-state index < -0.39 is 0 Å². The van der Waals surface area contributed by atoms with Gasteiger partial charge in [-0.25, -0.2) is 9.97 Å². The maximum Gasteiger partial charge on any atom is 0.255 e. The van der Waals surface area contributed by atoms with Crippen LogP contribution in [0.5, 0.6) is 0 Å². The first-order valence-electron chi connectivity index (χ1n) is 9.30. The van der Waals surface area contributed by atoms with E-state index in [1.807, 2.05) is 13.8 Å². The molecule has 1 aliphatic rings. The van der Waals surface area contributed by atoms with Gasteiger partial charge in [-0.05, 0) is 45.6 Å². The molecule has 4 N–H and O–H groups in total. The van der Waals surface area contributed by atoms with Crippen LogP contribution in [0.1, 0.15) is 49.9 Å². The van der Waals surface area contributed by atoms with Gasteiger partial charge in [-0.1, -0.05) is 6.58 Å². The van der Waals surface area contributed by atoms with Crippen molar-refractivity contribution >= 4 is 28.8 Å². The topological polar surface area (TPSA) is 112 Å². The van der Waals surface area contributed by atoms with Crippen LogP contribution in [0.4, 0.5) is 5.82 Å². The van der Waals surface area contributed by atoms with Gasteiger partial charge < -0.3 is 20.9 Å². The van der Waals surface area contributed by atoms with E-state index >= 15 is 0 Å². The Morgan fingerprint density at radius 3 is 2.63 bits per heavy atom. The Kier molecular flexibility index (Phi) is 5.73. The number of carbonyl (C=O) groups excluding carboxylic acids is 2. The number of nitrogens with zero attached hydrogens (tertiary/aromatic N) is 2. The molecule has 2 aromatic heterocycles. The minimum absolute atomic E-state index is 0.0495. The van der Waals surface area contributed by atoms with Crippen LogP contribution in [0.15, 0.2) is 25.0 Å². The molecule has 0 spiro atoms. The van der Waals surface area contributed by atoms with Crippen molar-refractivity contribution < 1.29 is 9.59 Å². The first kappa shape index (κ1) is 18.9. The molecular weight excluding hydrogens is 344 g/mol. The second-order valence-corrected chi connectivity index (χ2v) is 7.19. The molecule has 8 nitrogen and oxygen atoms in total. The molecule has 0 aromatic carbocycles. The van der Waals surface area contributed by atoms with Crippen LogP contribution >= 0.6 is 0 Å². The SMILES string of the molecule is C=CC(=O)NC1CCC(Nc2cnc3[nH]cc(C(=O)NC(C)C)c3n2)CC1. The highest BCUT2D eigenvalue weighted by atomic mass is 16.2.